The Kier molecular flexibility index (Phi) is 8.38. The molecule has 0 amide bonds. The molecule has 0 aliphatic heterocycles. The van der Waals surface area contributed by atoms with Crippen LogP contribution in [0.25, 0.3) is 10.8 Å². The topological polar surface area (TPSA) is 0 Å². The number of rotatable bonds is 0. The molecule has 2 aromatic rings. The van der Waals surface area contributed by atoms with Crippen molar-refractivity contribution in [3.8, 4) is 0 Å². The molecule has 2 aromatic carbocycles. The van der Waals surface area contributed by atoms with Crippen LogP contribution in [-0.2, 0) is 25.3 Å². The van der Waals surface area contributed by atoms with Crippen molar-refractivity contribution in [2.75, 3.05) is 0 Å². The molecule has 3 heteroatoms. The summed E-state index contributed by atoms with van der Waals surface area (Å²) in [6.07, 6.45) is 0. The van der Waals surface area contributed by atoms with Crippen molar-refractivity contribution >= 4 is 59.9 Å². The fourth-order valence-corrected chi connectivity index (χ4v) is 1.65. The molecule has 0 heterocycles. The van der Waals surface area contributed by atoms with Gasteiger partial charge in [-0.25, -0.2) is 0 Å². The van der Waals surface area contributed by atoms with Gasteiger partial charge in [-0.2, -0.15) is 9.79 Å². The second-order valence-corrected chi connectivity index (χ2v) is 3.46. The Bertz CT molecular complexity index is 427. The van der Waals surface area contributed by atoms with E-state index in [0.717, 1.165) is 20.6 Å². The van der Waals surface area contributed by atoms with Crippen LogP contribution < -0.4 is 0 Å². The summed E-state index contributed by atoms with van der Waals surface area (Å²) in [4.78, 5) is 1.56. The van der Waals surface area contributed by atoms with Crippen LogP contribution in [0.2, 0.25) is 0 Å². The number of hydrogen-bond donors (Lipinski definition) is 0. The molecule has 0 nitrogen and oxygen atoms in total. The van der Waals surface area contributed by atoms with Gasteiger partial charge in [-0.15, -0.1) is 0 Å². The molecule has 0 bridgehead atoms. The minimum atomic E-state index is 0. The predicted octanol–water partition coefficient (Wildman–Crippen LogP) is 3.54. The molecule has 15 heavy (non-hydrogen) atoms. The summed E-state index contributed by atoms with van der Waals surface area (Å²) < 4.78 is 0. The van der Waals surface area contributed by atoms with Crippen molar-refractivity contribution < 1.29 is 0 Å². The molecule has 0 saturated heterocycles. The first kappa shape index (κ1) is 17.3. The number of fused-ring (bicyclic) bond motifs is 1. The molecular weight excluding hydrogens is 327 g/mol. The van der Waals surface area contributed by atoms with Crippen LogP contribution >= 0.6 is 0 Å². The quantitative estimate of drug-likeness (QED) is 0.531. The van der Waals surface area contributed by atoms with E-state index >= 15 is 0 Å². The van der Waals surface area contributed by atoms with E-state index in [0.29, 0.717) is 0 Å². The third-order valence-corrected chi connectivity index (χ3v) is 2.75. The first-order valence-corrected chi connectivity index (χ1v) is 4.46. The van der Waals surface area contributed by atoms with Crippen molar-refractivity contribution in [1.82, 2.24) is 0 Å². The third kappa shape index (κ3) is 3.47. The SMILES string of the molecule is C.C.[S-]c1ccc2ccccc2c1[S-].[Sn+2]. The maximum absolute atomic E-state index is 5.19. The van der Waals surface area contributed by atoms with Crippen molar-refractivity contribution in [2.24, 2.45) is 0 Å². The van der Waals surface area contributed by atoms with Crippen molar-refractivity contribution in [3.05, 3.63) is 36.4 Å². The van der Waals surface area contributed by atoms with Gasteiger partial charge in [0.05, 0.1) is 0 Å². The van der Waals surface area contributed by atoms with E-state index in [1.54, 1.807) is 0 Å². The average molecular weight is 341 g/mol. The van der Waals surface area contributed by atoms with Gasteiger partial charge in [0.1, 0.15) is 0 Å². The summed E-state index contributed by atoms with van der Waals surface area (Å²) in [5.41, 5.74) is 0. The number of benzene rings is 2. The van der Waals surface area contributed by atoms with Gasteiger partial charge in [-0.1, -0.05) is 51.3 Å². The van der Waals surface area contributed by atoms with Crippen LogP contribution in [0.4, 0.5) is 0 Å². The van der Waals surface area contributed by atoms with Gasteiger partial charge in [0, 0.05) is 0 Å². The standard InChI is InChI=1S/C10H8S2.2CH4.Sn/c11-9-6-5-7-3-1-2-4-8(7)10(9)12;;;/h1-6,11-12H;2*1H4;/q;;;+2/p-2. The first-order chi connectivity index (χ1) is 5.79. The Morgan fingerprint density at radius 2 is 1.40 bits per heavy atom. The minimum Gasteiger partial charge on any atom is -0.781 e. The normalized spacial score (nSPS) is 8.27. The second-order valence-electron chi connectivity index (χ2n) is 2.61. The molecule has 0 fully saturated rings. The smallest absolute Gasteiger partial charge is 0.781 e. The fourth-order valence-electron chi connectivity index (χ4n) is 1.22. The Morgan fingerprint density at radius 1 is 0.800 bits per heavy atom. The van der Waals surface area contributed by atoms with Crippen LogP contribution in [0, 0.1) is 0 Å². The van der Waals surface area contributed by atoms with Gasteiger partial charge in [0.2, 0.25) is 0 Å². The average Bonchev–Trinajstić information content (AvgIpc) is 2.12. The third-order valence-electron chi connectivity index (χ3n) is 1.84. The molecule has 0 aliphatic carbocycles. The second kappa shape index (κ2) is 7.25. The van der Waals surface area contributed by atoms with E-state index in [9.17, 15) is 0 Å². The molecule has 2 rings (SSSR count). The Hall–Kier alpha value is -0.0613. The molecule has 0 aliphatic rings. The fraction of sp³-hybridized carbons (Fsp3) is 0.167. The molecule has 0 atom stereocenters. The van der Waals surface area contributed by atoms with Crippen LogP contribution in [0.15, 0.2) is 46.2 Å². The molecular formula is C12H14S2Sn. The first-order valence-electron chi connectivity index (χ1n) is 3.65. The van der Waals surface area contributed by atoms with Crippen LogP contribution in [0.1, 0.15) is 14.9 Å². The zero-order valence-electron chi connectivity index (χ0n) is 6.78. The van der Waals surface area contributed by atoms with Gasteiger partial charge < -0.3 is 25.3 Å². The van der Waals surface area contributed by atoms with Gasteiger partial charge in [0.15, 0.2) is 0 Å². The van der Waals surface area contributed by atoms with Crippen molar-refractivity contribution in [3.63, 3.8) is 0 Å². The van der Waals surface area contributed by atoms with E-state index in [1.807, 2.05) is 36.4 Å². The van der Waals surface area contributed by atoms with E-state index < -0.39 is 0 Å². The zero-order chi connectivity index (χ0) is 8.55. The monoisotopic (exact) mass is 342 g/mol. The molecule has 0 aromatic heterocycles. The van der Waals surface area contributed by atoms with Crippen molar-refractivity contribution in [2.45, 2.75) is 24.6 Å². The summed E-state index contributed by atoms with van der Waals surface area (Å²) >= 11 is 10.3. The van der Waals surface area contributed by atoms with Gasteiger partial charge in [0.25, 0.3) is 0 Å². The maximum atomic E-state index is 5.19. The molecule has 0 saturated carbocycles. The molecule has 0 spiro atoms. The van der Waals surface area contributed by atoms with Crippen LogP contribution in [0.5, 0.6) is 0 Å². The summed E-state index contributed by atoms with van der Waals surface area (Å²) in [6.45, 7) is 0. The summed E-state index contributed by atoms with van der Waals surface area (Å²) in [7, 11) is 0. The maximum Gasteiger partial charge on any atom is 2.00 e. The Balaban J connectivity index is 0. The minimum absolute atomic E-state index is 0. The van der Waals surface area contributed by atoms with Gasteiger partial charge in [-0.3, -0.25) is 0 Å². The van der Waals surface area contributed by atoms with E-state index in [-0.39, 0.29) is 38.8 Å². The van der Waals surface area contributed by atoms with Gasteiger partial charge in [-0.05, 0) is 10.8 Å². The molecule has 0 N–H and O–H groups in total. The van der Waals surface area contributed by atoms with Crippen LogP contribution in [0.3, 0.4) is 0 Å². The van der Waals surface area contributed by atoms with E-state index in [4.69, 9.17) is 25.3 Å². The number of hydrogen-bond acceptors (Lipinski definition) is 2. The molecule has 78 valence electrons. The molecule has 0 unspecified atom stereocenters. The summed E-state index contributed by atoms with van der Waals surface area (Å²) in [5, 5.41) is 2.25. The Labute approximate surface area is 120 Å². The predicted molar refractivity (Wildman–Crippen MR) is 74.4 cm³/mol. The largest absolute Gasteiger partial charge is 2.00 e. The van der Waals surface area contributed by atoms with Crippen LogP contribution in [-0.4, -0.2) is 23.9 Å². The Morgan fingerprint density at radius 3 is 2.07 bits per heavy atom. The molecule has 2 radical (unpaired) electrons. The zero-order valence-corrected chi connectivity index (χ0v) is 11.3. The van der Waals surface area contributed by atoms with E-state index in [2.05, 4.69) is 0 Å². The van der Waals surface area contributed by atoms with Crippen molar-refractivity contribution in [1.29, 1.82) is 0 Å². The van der Waals surface area contributed by atoms with E-state index in [1.165, 1.54) is 0 Å². The summed E-state index contributed by atoms with van der Waals surface area (Å²) in [6, 6.07) is 11.9. The summed E-state index contributed by atoms with van der Waals surface area (Å²) in [5.74, 6) is 0. The van der Waals surface area contributed by atoms with Gasteiger partial charge >= 0.3 is 23.9 Å².